The Labute approximate surface area is 145 Å². The highest BCUT2D eigenvalue weighted by Crippen LogP contribution is 2.40. The van der Waals surface area contributed by atoms with E-state index in [2.05, 4.69) is 10.6 Å². The van der Waals surface area contributed by atoms with E-state index in [-0.39, 0.29) is 23.7 Å². The Morgan fingerprint density at radius 2 is 1.44 bits per heavy atom. The van der Waals surface area contributed by atoms with Gasteiger partial charge < -0.3 is 15.4 Å². The summed E-state index contributed by atoms with van der Waals surface area (Å²) in [5.74, 6) is -0.275. The van der Waals surface area contributed by atoms with Crippen molar-refractivity contribution in [3.05, 3.63) is 54.1 Å². The van der Waals surface area contributed by atoms with Crippen molar-refractivity contribution in [2.24, 2.45) is 11.8 Å². The summed E-state index contributed by atoms with van der Waals surface area (Å²) in [5, 5.41) is 14.3. The third-order valence-electron chi connectivity index (χ3n) is 4.10. The van der Waals surface area contributed by atoms with Gasteiger partial charge in [-0.1, -0.05) is 0 Å². The summed E-state index contributed by atoms with van der Waals surface area (Å²) in [4.78, 5) is 24.4. The lowest BCUT2D eigenvalue weighted by Gasteiger charge is -2.07. The zero-order valence-electron chi connectivity index (χ0n) is 13.7. The molecular weight excluding hydrogens is 318 g/mol. The van der Waals surface area contributed by atoms with Crippen LogP contribution in [0.5, 0.6) is 5.75 Å². The average molecular weight is 335 g/mol. The fourth-order valence-electron chi connectivity index (χ4n) is 2.55. The number of carbonyl (C=O) groups excluding carboxylic acids is 2. The summed E-state index contributed by atoms with van der Waals surface area (Å²) >= 11 is 0. The molecular formula is C19H17N3O3. The number of methoxy groups -OCH3 is 1. The Kier molecular flexibility index (Phi) is 4.66. The minimum Gasteiger partial charge on any atom is -0.497 e. The number of carbonyl (C=O) groups is 2. The summed E-state index contributed by atoms with van der Waals surface area (Å²) < 4.78 is 5.07. The van der Waals surface area contributed by atoms with Gasteiger partial charge in [-0.3, -0.25) is 9.59 Å². The molecule has 0 bridgehead atoms. The molecule has 2 aromatic rings. The number of nitriles is 1. The first kappa shape index (κ1) is 16.5. The highest BCUT2D eigenvalue weighted by atomic mass is 16.5. The Morgan fingerprint density at radius 3 is 1.88 bits per heavy atom. The quantitative estimate of drug-likeness (QED) is 0.879. The predicted octanol–water partition coefficient (Wildman–Crippen LogP) is 2.78. The fourth-order valence-corrected chi connectivity index (χ4v) is 2.55. The number of anilines is 2. The van der Waals surface area contributed by atoms with E-state index in [9.17, 15) is 9.59 Å². The highest BCUT2D eigenvalue weighted by Gasteiger charge is 2.48. The molecule has 126 valence electrons. The number of hydrogen-bond acceptors (Lipinski definition) is 4. The van der Waals surface area contributed by atoms with Crippen molar-refractivity contribution in [1.29, 1.82) is 5.26 Å². The molecule has 1 aliphatic rings. The van der Waals surface area contributed by atoms with Gasteiger partial charge >= 0.3 is 0 Å². The van der Waals surface area contributed by atoms with E-state index in [4.69, 9.17) is 10.00 Å². The number of nitrogens with one attached hydrogen (secondary N) is 2. The van der Waals surface area contributed by atoms with Crippen molar-refractivity contribution in [3.63, 3.8) is 0 Å². The van der Waals surface area contributed by atoms with Crippen LogP contribution in [0.15, 0.2) is 48.5 Å². The van der Waals surface area contributed by atoms with Crippen LogP contribution >= 0.6 is 0 Å². The molecule has 1 fully saturated rings. The Hall–Kier alpha value is -3.33. The summed E-state index contributed by atoms with van der Waals surface area (Å²) in [6.07, 6.45) is 0.532. The van der Waals surface area contributed by atoms with E-state index in [1.807, 2.05) is 6.07 Å². The van der Waals surface area contributed by atoms with E-state index in [1.54, 1.807) is 55.6 Å². The zero-order chi connectivity index (χ0) is 17.8. The lowest BCUT2D eigenvalue weighted by atomic mass is 10.2. The molecule has 2 atom stereocenters. The zero-order valence-corrected chi connectivity index (χ0v) is 13.7. The Morgan fingerprint density at radius 1 is 0.960 bits per heavy atom. The van der Waals surface area contributed by atoms with Crippen LogP contribution in [0.1, 0.15) is 12.0 Å². The van der Waals surface area contributed by atoms with Crippen LogP contribution in [0.25, 0.3) is 0 Å². The van der Waals surface area contributed by atoms with E-state index in [0.29, 0.717) is 29.1 Å². The maximum Gasteiger partial charge on any atom is 0.228 e. The molecule has 0 aliphatic heterocycles. The molecule has 6 heteroatoms. The molecule has 2 N–H and O–H groups in total. The second-order valence-electron chi connectivity index (χ2n) is 5.84. The topological polar surface area (TPSA) is 91.2 Å². The Bertz CT molecular complexity index is 822. The minimum absolute atomic E-state index is 0.162. The SMILES string of the molecule is COc1ccc(NC(=O)C2CC2C(=O)Nc2ccc(C#N)cc2)cc1. The number of amides is 2. The van der Waals surface area contributed by atoms with Gasteiger partial charge in [0.25, 0.3) is 0 Å². The van der Waals surface area contributed by atoms with E-state index in [1.165, 1.54) is 0 Å². The van der Waals surface area contributed by atoms with Gasteiger partial charge in [-0.25, -0.2) is 0 Å². The van der Waals surface area contributed by atoms with Crippen molar-refractivity contribution in [2.75, 3.05) is 17.7 Å². The lowest BCUT2D eigenvalue weighted by molar-refractivity contribution is -0.122. The number of rotatable bonds is 5. The molecule has 0 heterocycles. The van der Waals surface area contributed by atoms with Gasteiger partial charge in [-0.15, -0.1) is 0 Å². The van der Waals surface area contributed by atoms with Crippen LogP contribution in [-0.2, 0) is 9.59 Å². The predicted molar refractivity (Wildman–Crippen MR) is 93.0 cm³/mol. The standard InChI is InChI=1S/C19H17N3O3/c1-25-15-8-6-14(7-9-15)22-19(24)17-10-16(17)18(23)21-13-4-2-12(11-20)3-5-13/h2-9,16-17H,10H2,1H3,(H,21,23)(H,22,24). The van der Waals surface area contributed by atoms with Crippen molar-refractivity contribution >= 4 is 23.2 Å². The van der Waals surface area contributed by atoms with E-state index in [0.717, 1.165) is 0 Å². The van der Waals surface area contributed by atoms with Gasteiger partial charge in [0.1, 0.15) is 5.75 Å². The second-order valence-corrected chi connectivity index (χ2v) is 5.84. The maximum atomic E-state index is 12.2. The number of ether oxygens (including phenoxy) is 1. The van der Waals surface area contributed by atoms with Crippen LogP contribution in [0.3, 0.4) is 0 Å². The lowest BCUT2D eigenvalue weighted by Crippen LogP contribution is -2.20. The third-order valence-corrected chi connectivity index (χ3v) is 4.10. The molecule has 0 aromatic heterocycles. The average Bonchev–Trinajstić information content (AvgIpc) is 3.44. The van der Waals surface area contributed by atoms with Gasteiger partial charge in [0.15, 0.2) is 0 Å². The van der Waals surface area contributed by atoms with Crippen molar-refractivity contribution < 1.29 is 14.3 Å². The molecule has 0 radical (unpaired) electrons. The summed E-state index contributed by atoms with van der Waals surface area (Å²) in [6, 6.07) is 15.7. The minimum atomic E-state index is -0.325. The molecule has 0 saturated heterocycles. The molecule has 6 nitrogen and oxygen atoms in total. The molecule has 1 aliphatic carbocycles. The first-order valence-electron chi connectivity index (χ1n) is 7.86. The van der Waals surface area contributed by atoms with Crippen LogP contribution in [0.2, 0.25) is 0 Å². The van der Waals surface area contributed by atoms with Crippen molar-refractivity contribution in [1.82, 2.24) is 0 Å². The van der Waals surface area contributed by atoms with Crippen LogP contribution < -0.4 is 15.4 Å². The van der Waals surface area contributed by atoms with Gasteiger partial charge in [0.05, 0.1) is 30.6 Å². The smallest absolute Gasteiger partial charge is 0.228 e. The van der Waals surface area contributed by atoms with Crippen molar-refractivity contribution in [2.45, 2.75) is 6.42 Å². The van der Waals surface area contributed by atoms with Crippen LogP contribution in [0.4, 0.5) is 11.4 Å². The highest BCUT2D eigenvalue weighted by molar-refractivity contribution is 6.03. The first-order valence-corrected chi connectivity index (χ1v) is 7.86. The van der Waals surface area contributed by atoms with Crippen LogP contribution in [-0.4, -0.2) is 18.9 Å². The van der Waals surface area contributed by atoms with E-state index >= 15 is 0 Å². The second kappa shape index (κ2) is 7.05. The number of hydrogen-bond donors (Lipinski definition) is 2. The maximum absolute atomic E-state index is 12.2. The molecule has 0 spiro atoms. The normalized spacial score (nSPS) is 17.9. The monoisotopic (exact) mass is 335 g/mol. The van der Waals surface area contributed by atoms with Crippen LogP contribution in [0, 0.1) is 23.2 Å². The molecule has 3 rings (SSSR count). The Balaban J connectivity index is 1.52. The fraction of sp³-hybridized carbons (Fsp3) is 0.211. The van der Waals surface area contributed by atoms with Gasteiger partial charge in [-0.2, -0.15) is 5.26 Å². The third kappa shape index (κ3) is 3.96. The molecule has 2 unspecified atom stereocenters. The van der Waals surface area contributed by atoms with Gasteiger partial charge in [0.2, 0.25) is 11.8 Å². The largest absolute Gasteiger partial charge is 0.497 e. The molecule has 2 amide bonds. The summed E-state index contributed by atoms with van der Waals surface area (Å²) in [7, 11) is 1.58. The summed E-state index contributed by atoms with van der Waals surface area (Å²) in [5.41, 5.74) is 1.82. The molecule has 25 heavy (non-hydrogen) atoms. The number of benzene rings is 2. The molecule has 1 saturated carbocycles. The van der Waals surface area contributed by atoms with E-state index < -0.39 is 0 Å². The molecule has 2 aromatic carbocycles. The van der Waals surface area contributed by atoms with Crippen molar-refractivity contribution in [3.8, 4) is 11.8 Å². The van der Waals surface area contributed by atoms with Gasteiger partial charge in [-0.05, 0) is 55.0 Å². The summed E-state index contributed by atoms with van der Waals surface area (Å²) in [6.45, 7) is 0. The number of nitrogens with zero attached hydrogens (tertiary/aromatic N) is 1. The van der Waals surface area contributed by atoms with Gasteiger partial charge in [0, 0.05) is 11.4 Å². The first-order chi connectivity index (χ1) is 12.1.